The summed E-state index contributed by atoms with van der Waals surface area (Å²) in [6.07, 6.45) is 4.90. The zero-order chi connectivity index (χ0) is 23.6. The topological polar surface area (TPSA) is 66.9 Å². The number of methoxy groups -OCH3 is 1. The van der Waals surface area contributed by atoms with Crippen molar-refractivity contribution in [1.82, 2.24) is 9.21 Å². The van der Waals surface area contributed by atoms with Crippen LogP contribution in [0, 0.1) is 5.92 Å². The van der Waals surface area contributed by atoms with Gasteiger partial charge in [0.05, 0.1) is 12.1 Å². The third kappa shape index (κ3) is 5.36. The van der Waals surface area contributed by atoms with Gasteiger partial charge in [-0.3, -0.25) is 4.79 Å². The fourth-order valence-electron chi connectivity index (χ4n) is 4.41. The summed E-state index contributed by atoms with van der Waals surface area (Å²) in [5, 5.41) is 0.147. The van der Waals surface area contributed by atoms with Crippen molar-refractivity contribution in [2.24, 2.45) is 5.92 Å². The number of hydrogen-bond acceptors (Lipinski definition) is 4. The van der Waals surface area contributed by atoms with E-state index in [2.05, 4.69) is 6.92 Å². The van der Waals surface area contributed by atoms with Crippen LogP contribution >= 0.6 is 11.6 Å². The lowest BCUT2D eigenvalue weighted by atomic mass is 10.1. The summed E-state index contributed by atoms with van der Waals surface area (Å²) in [7, 11) is -2.13. The molecule has 1 unspecified atom stereocenters. The van der Waals surface area contributed by atoms with Crippen molar-refractivity contribution in [3.05, 3.63) is 58.6 Å². The first-order valence-electron chi connectivity index (χ1n) is 11.5. The van der Waals surface area contributed by atoms with E-state index in [1.165, 1.54) is 16.4 Å². The van der Waals surface area contributed by atoms with E-state index in [0.29, 0.717) is 31.1 Å². The van der Waals surface area contributed by atoms with Gasteiger partial charge < -0.3 is 9.64 Å². The van der Waals surface area contributed by atoms with E-state index in [0.717, 1.165) is 43.4 Å². The normalized spacial score (nSPS) is 18.0. The number of piperidine rings is 1. The average molecular weight is 491 g/mol. The molecule has 0 aromatic heterocycles. The van der Waals surface area contributed by atoms with Gasteiger partial charge in [0.2, 0.25) is 10.0 Å². The number of carbonyl (C=O) groups excluding carboxylic acids is 1. The van der Waals surface area contributed by atoms with Crippen LogP contribution in [-0.4, -0.2) is 49.8 Å². The van der Waals surface area contributed by atoms with Crippen molar-refractivity contribution < 1.29 is 17.9 Å². The molecule has 0 bridgehead atoms. The smallest absolute Gasteiger partial charge is 0.254 e. The summed E-state index contributed by atoms with van der Waals surface area (Å²) >= 11 is 6.32. The number of sulfonamides is 1. The van der Waals surface area contributed by atoms with Gasteiger partial charge >= 0.3 is 0 Å². The SMILES string of the molecule is COc1ccc(CN(C(=O)c2ccc(Cl)c(S(=O)(=O)N3CCCCC3)c2)C(C)C2CC2)cc1. The molecule has 33 heavy (non-hydrogen) atoms. The largest absolute Gasteiger partial charge is 0.497 e. The van der Waals surface area contributed by atoms with E-state index in [-0.39, 0.29) is 21.9 Å². The van der Waals surface area contributed by atoms with E-state index in [1.54, 1.807) is 13.2 Å². The average Bonchev–Trinajstić information content (AvgIpc) is 3.68. The van der Waals surface area contributed by atoms with Crippen LogP contribution in [0.5, 0.6) is 5.75 Å². The number of carbonyl (C=O) groups is 1. The third-order valence-electron chi connectivity index (χ3n) is 6.68. The lowest BCUT2D eigenvalue weighted by Crippen LogP contribution is -2.39. The molecular weight excluding hydrogens is 460 g/mol. The second kappa shape index (κ2) is 10.0. The summed E-state index contributed by atoms with van der Waals surface area (Å²) in [5.74, 6) is 1.05. The van der Waals surface area contributed by atoms with Gasteiger partial charge in [-0.1, -0.05) is 30.2 Å². The molecule has 2 aromatic carbocycles. The van der Waals surface area contributed by atoms with Crippen LogP contribution in [0.25, 0.3) is 0 Å². The van der Waals surface area contributed by atoms with Gasteiger partial charge in [-0.25, -0.2) is 8.42 Å². The first kappa shape index (κ1) is 24.0. The van der Waals surface area contributed by atoms with Crippen LogP contribution in [0.15, 0.2) is 47.4 Å². The van der Waals surface area contributed by atoms with Gasteiger partial charge in [-0.15, -0.1) is 0 Å². The third-order valence-corrected chi connectivity index (χ3v) is 9.06. The Morgan fingerprint density at radius 3 is 2.39 bits per heavy atom. The minimum Gasteiger partial charge on any atom is -0.497 e. The Kier molecular flexibility index (Phi) is 7.31. The summed E-state index contributed by atoms with van der Waals surface area (Å²) in [5.41, 5.74) is 1.34. The van der Waals surface area contributed by atoms with Crippen LogP contribution in [0.4, 0.5) is 0 Å². The highest BCUT2D eigenvalue weighted by Gasteiger charge is 2.35. The molecule has 0 spiro atoms. The quantitative estimate of drug-likeness (QED) is 0.524. The monoisotopic (exact) mass is 490 g/mol. The van der Waals surface area contributed by atoms with Crippen molar-refractivity contribution >= 4 is 27.5 Å². The molecular formula is C25H31ClN2O4S. The van der Waals surface area contributed by atoms with Gasteiger partial charge in [-0.05, 0) is 74.4 Å². The van der Waals surface area contributed by atoms with Crippen molar-refractivity contribution in [3.8, 4) is 5.75 Å². The highest BCUT2D eigenvalue weighted by atomic mass is 35.5. The molecule has 2 fully saturated rings. The number of hydrogen-bond donors (Lipinski definition) is 0. The van der Waals surface area contributed by atoms with Gasteiger partial charge in [-0.2, -0.15) is 4.31 Å². The molecule has 0 radical (unpaired) electrons. The van der Waals surface area contributed by atoms with E-state index < -0.39 is 10.0 Å². The number of nitrogens with zero attached hydrogens (tertiary/aromatic N) is 2. The highest BCUT2D eigenvalue weighted by Crippen LogP contribution is 2.37. The molecule has 178 valence electrons. The van der Waals surface area contributed by atoms with E-state index >= 15 is 0 Å². The molecule has 4 rings (SSSR count). The Balaban J connectivity index is 1.63. The molecule has 1 saturated carbocycles. The van der Waals surface area contributed by atoms with Crippen LogP contribution < -0.4 is 4.74 Å². The van der Waals surface area contributed by atoms with Crippen LogP contribution in [-0.2, 0) is 16.6 Å². The first-order valence-corrected chi connectivity index (χ1v) is 13.4. The van der Waals surface area contributed by atoms with Gasteiger partial charge in [0, 0.05) is 31.2 Å². The predicted octanol–water partition coefficient (Wildman–Crippen LogP) is 4.96. The molecule has 0 N–H and O–H groups in total. The number of ether oxygens (including phenoxy) is 1. The molecule has 1 amide bonds. The lowest BCUT2D eigenvalue weighted by molar-refractivity contribution is 0.0654. The van der Waals surface area contributed by atoms with Gasteiger partial charge in [0.25, 0.3) is 5.91 Å². The van der Waals surface area contributed by atoms with Crippen LogP contribution in [0.3, 0.4) is 0 Å². The first-order chi connectivity index (χ1) is 15.8. The van der Waals surface area contributed by atoms with Gasteiger partial charge in [0.15, 0.2) is 0 Å². The second-order valence-corrected chi connectivity index (χ2v) is 11.3. The molecule has 6 nitrogen and oxygen atoms in total. The van der Waals surface area contributed by atoms with Crippen LogP contribution in [0.1, 0.15) is 54.9 Å². The Bertz CT molecular complexity index is 1090. The zero-order valence-corrected chi connectivity index (χ0v) is 20.7. The van der Waals surface area contributed by atoms with Crippen LogP contribution in [0.2, 0.25) is 5.02 Å². The molecule has 1 aliphatic heterocycles. The Labute approximate surface area is 201 Å². The fraction of sp³-hybridized carbons (Fsp3) is 0.480. The fourth-order valence-corrected chi connectivity index (χ4v) is 6.42. The number of rotatable bonds is 8. The minimum absolute atomic E-state index is 0.0142. The number of benzene rings is 2. The van der Waals surface area contributed by atoms with Crippen molar-refractivity contribution in [1.29, 1.82) is 0 Å². The Hall–Kier alpha value is -2.09. The Morgan fingerprint density at radius 1 is 1.12 bits per heavy atom. The zero-order valence-electron chi connectivity index (χ0n) is 19.2. The minimum atomic E-state index is -3.75. The Morgan fingerprint density at radius 2 is 1.79 bits per heavy atom. The molecule has 2 aromatic rings. The second-order valence-electron chi connectivity index (χ2n) is 8.97. The predicted molar refractivity (Wildman–Crippen MR) is 129 cm³/mol. The number of halogens is 1. The highest BCUT2D eigenvalue weighted by molar-refractivity contribution is 7.89. The molecule has 1 atom stereocenters. The van der Waals surface area contributed by atoms with Crippen molar-refractivity contribution in [2.75, 3.05) is 20.2 Å². The summed E-state index contributed by atoms with van der Waals surface area (Å²) in [4.78, 5) is 15.5. The van der Waals surface area contributed by atoms with Crippen molar-refractivity contribution in [2.45, 2.75) is 56.5 Å². The van der Waals surface area contributed by atoms with E-state index in [4.69, 9.17) is 16.3 Å². The maximum absolute atomic E-state index is 13.7. The maximum atomic E-state index is 13.7. The van der Waals surface area contributed by atoms with E-state index in [1.807, 2.05) is 29.2 Å². The summed E-state index contributed by atoms with van der Waals surface area (Å²) in [6, 6.07) is 12.3. The van der Waals surface area contributed by atoms with Gasteiger partial charge in [0.1, 0.15) is 10.6 Å². The number of amides is 1. The molecule has 1 aliphatic carbocycles. The molecule has 1 heterocycles. The molecule has 8 heteroatoms. The summed E-state index contributed by atoms with van der Waals surface area (Å²) in [6.45, 7) is 3.48. The standard InChI is InChI=1S/C25H31ClN2O4S/c1-18(20-8-9-20)28(17-19-6-11-22(32-2)12-7-19)25(29)21-10-13-23(26)24(16-21)33(30,31)27-14-4-3-5-15-27/h6-7,10-13,16,18,20H,3-5,8-9,14-15,17H2,1-2H3. The van der Waals surface area contributed by atoms with E-state index in [9.17, 15) is 13.2 Å². The molecule has 2 aliphatic rings. The van der Waals surface area contributed by atoms with Crippen molar-refractivity contribution in [3.63, 3.8) is 0 Å². The lowest BCUT2D eigenvalue weighted by Gasteiger charge is -2.30. The molecule has 1 saturated heterocycles. The maximum Gasteiger partial charge on any atom is 0.254 e. The summed E-state index contributed by atoms with van der Waals surface area (Å²) < 4.78 is 33.2.